The van der Waals surface area contributed by atoms with Crippen LogP contribution < -0.4 is 9.47 Å². The van der Waals surface area contributed by atoms with Crippen LogP contribution in [0.15, 0.2) is 73.1 Å². The van der Waals surface area contributed by atoms with Crippen LogP contribution in [-0.2, 0) is 83.2 Å². The lowest BCUT2D eigenvalue weighted by Gasteiger charge is -2.35. The van der Waals surface area contributed by atoms with Gasteiger partial charge in [-0.25, -0.2) is 19.2 Å². The van der Waals surface area contributed by atoms with E-state index in [1.807, 2.05) is 107 Å². The zero-order valence-corrected chi connectivity index (χ0v) is 55.0. The fourth-order valence-electron chi connectivity index (χ4n) is 10.3. The molecule has 0 radical (unpaired) electrons. The second-order valence-corrected chi connectivity index (χ2v) is 25.5. The van der Waals surface area contributed by atoms with Crippen LogP contribution in [0.5, 0.6) is 11.8 Å². The molecule has 8 atom stereocenters. The van der Waals surface area contributed by atoms with Crippen molar-refractivity contribution in [2.75, 3.05) is 28.2 Å². The third-order valence-electron chi connectivity index (χ3n) is 15.0. The van der Waals surface area contributed by atoms with Crippen molar-refractivity contribution in [3.63, 3.8) is 0 Å². The maximum atomic E-state index is 15.1. The summed E-state index contributed by atoms with van der Waals surface area (Å²) >= 11 is 0. The smallest absolute Gasteiger partial charge is 0.329 e. The molecule has 1 fully saturated rings. The molecule has 22 heteroatoms. The van der Waals surface area contributed by atoms with Crippen LogP contribution in [0.2, 0.25) is 0 Å². The predicted octanol–water partition coefficient (Wildman–Crippen LogP) is 7.73. The first-order valence-electron chi connectivity index (χ1n) is 30.8. The predicted molar refractivity (Wildman–Crippen MR) is 329 cm³/mol. The zero-order chi connectivity index (χ0) is 65.4. The van der Waals surface area contributed by atoms with Gasteiger partial charge >= 0.3 is 23.9 Å². The van der Waals surface area contributed by atoms with Crippen LogP contribution in [0.1, 0.15) is 145 Å². The number of cyclic esters (lactones) is 4. The van der Waals surface area contributed by atoms with Gasteiger partial charge in [0.05, 0.1) is 25.3 Å². The fraction of sp³-hybridized carbons (Fsp3) is 0.606. The number of benzene rings is 2. The van der Waals surface area contributed by atoms with Gasteiger partial charge in [0.2, 0.25) is 11.8 Å². The van der Waals surface area contributed by atoms with Gasteiger partial charge in [0.25, 0.3) is 23.6 Å². The number of likely N-dealkylation sites (N-methyl/N-ethyl adjacent to an activating group) is 4. The highest BCUT2D eigenvalue weighted by molar-refractivity contribution is 5.94. The fourth-order valence-corrected chi connectivity index (χ4v) is 10.3. The van der Waals surface area contributed by atoms with Crippen molar-refractivity contribution >= 4 is 47.5 Å². The molecule has 1 saturated heterocycles. The molecule has 0 unspecified atom stereocenters. The first kappa shape index (κ1) is 71.0. The summed E-state index contributed by atoms with van der Waals surface area (Å²) in [7, 11) is 5.56. The van der Waals surface area contributed by atoms with Gasteiger partial charge in [-0.3, -0.25) is 28.5 Å². The minimum absolute atomic E-state index is 0.0570. The molecule has 1 aliphatic heterocycles. The van der Waals surface area contributed by atoms with Crippen molar-refractivity contribution in [3.05, 3.63) is 95.3 Å². The van der Waals surface area contributed by atoms with E-state index in [2.05, 4.69) is 10.2 Å². The van der Waals surface area contributed by atoms with Gasteiger partial charge in [0, 0.05) is 65.6 Å². The topological polar surface area (TPSA) is 241 Å². The third-order valence-corrected chi connectivity index (χ3v) is 15.0. The molecule has 484 valence electrons. The van der Waals surface area contributed by atoms with E-state index in [-0.39, 0.29) is 74.4 Å². The Morgan fingerprint density at radius 3 is 0.920 bits per heavy atom. The maximum absolute atomic E-state index is 15.1. The number of ether oxygens (including phenoxy) is 6. The van der Waals surface area contributed by atoms with Crippen LogP contribution in [0.25, 0.3) is 0 Å². The number of rotatable bonds is 20. The average Bonchev–Trinajstić information content (AvgIpc) is 3.21. The van der Waals surface area contributed by atoms with Crippen molar-refractivity contribution in [1.29, 1.82) is 0 Å². The number of esters is 4. The number of carbonyl (C=O) groups is 8. The highest BCUT2D eigenvalue weighted by Crippen LogP contribution is 2.25. The molecule has 5 rings (SSSR count). The lowest BCUT2D eigenvalue weighted by atomic mass is 9.99. The summed E-state index contributed by atoms with van der Waals surface area (Å²) in [5, 5.41) is 8.98. The highest BCUT2D eigenvalue weighted by Gasteiger charge is 2.43. The van der Waals surface area contributed by atoms with Crippen LogP contribution in [0.4, 0.5) is 0 Å². The number of carbonyl (C=O) groups excluding carboxylic acids is 8. The van der Waals surface area contributed by atoms with E-state index in [1.165, 1.54) is 42.0 Å². The van der Waals surface area contributed by atoms with Crippen molar-refractivity contribution in [2.24, 2.45) is 23.7 Å². The normalized spacial score (nSPS) is 22.3. The van der Waals surface area contributed by atoms with E-state index in [1.54, 1.807) is 58.2 Å². The Hall–Kier alpha value is -7.78. The Balaban J connectivity index is 1.57. The molecule has 3 heterocycles. The van der Waals surface area contributed by atoms with Crippen molar-refractivity contribution < 1.29 is 66.8 Å². The minimum Gasteiger partial charge on any atom is -0.474 e. The van der Waals surface area contributed by atoms with E-state index >= 15 is 9.59 Å². The maximum Gasteiger partial charge on any atom is 0.329 e. The number of hydrogen-bond acceptors (Lipinski definition) is 16. The second kappa shape index (κ2) is 32.4. The third kappa shape index (κ3) is 20.7. The van der Waals surface area contributed by atoms with E-state index in [0.29, 0.717) is 36.0 Å². The Kier molecular flexibility index (Phi) is 26.2. The second-order valence-electron chi connectivity index (χ2n) is 25.5. The lowest BCUT2D eigenvalue weighted by Crippen LogP contribution is -2.55. The molecule has 88 heavy (non-hydrogen) atoms. The summed E-state index contributed by atoms with van der Waals surface area (Å²) in [6.45, 7) is 26.0. The monoisotopic (exact) mass is 1220 g/mol. The van der Waals surface area contributed by atoms with Gasteiger partial charge in [0.15, 0.2) is 24.4 Å². The Morgan fingerprint density at radius 1 is 0.386 bits per heavy atom. The van der Waals surface area contributed by atoms with Gasteiger partial charge in [0.1, 0.15) is 24.2 Å². The quantitative estimate of drug-likeness (QED) is 0.0607. The molecule has 2 aromatic heterocycles. The first-order valence-corrected chi connectivity index (χ1v) is 30.8. The van der Waals surface area contributed by atoms with Gasteiger partial charge in [-0.1, -0.05) is 104 Å². The first-order chi connectivity index (χ1) is 41.3. The summed E-state index contributed by atoms with van der Waals surface area (Å²) < 4.78 is 39.2. The molecular formula is C66H96N8O14. The number of amides is 4. The van der Waals surface area contributed by atoms with Gasteiger partial charge in [-0.15, -0.1) is 10.2 Å². The molecule has 22 nitrogen and oxygen atoms in total. The van der Waals surface area contributed by atoms with Crippen LogP contribution in [0.3, 0.4) is 0 Å². The lowest BCUT2D eigenvalue weighted by molar-refractivity contribution is -0.176. The van der Waals surface area contributed by atoms with E-state index in [4.69, 9.17) is 28.4 Å². The number of aromatic nitrogens is 4. The molecule has 4 aromatic rings. The van der Waals surface area contributed by atoms with Gasteiger partial charge < -0.3 is 48.0 Å². The summed E-state index contributed by atoms with van der Waals surface area (Å²) in [4.78, 5) is 123. The minimum atomic E-state index is -1.56. The molecule has 0 spiro atoms. The molecule has 2 aromatic carbocycles. The molecule has 4 amide bonds. The largest absolute Gasteiger partial charge is 0.474 e. The van der Waals surface area contributed by atoms with Crippen molar-refractivity contribution in [1.82, 2.24) is 39.2 Å². The Bertz CT molecular complexity index is 2760. The van der Waals surface area contributed by atoms with E-state index in [0.717, 1.165) is 30.7 Å². The average molecular weight is 1230 g/mol. The molecule has 0 bridgehead atoms. The molecule has 0 aliphatic carbocycles. The summed E-state index contributed by atoms with van der Waals surface area (Å²) in [5.74, 6) is -6.61. The van der Waals surface area contributed by atoms with Gasteiger partial charge in [-0.05, 0) is 113 Å². The Morgan fingerprint density at radius 2 is 0.648 bits per heavy atom. The van der Waals surface area contributed by atoms with Crippen LogP contribution in [-0.4, -0.2) is 176 Å². The van der Waals surface area contributed by atoms with Gasteiger partial charge in [-0.2, -0.15) is 0 Å². The zero-order valence-electron chi connectivity index (χ0n) is 55.0. The number of hydrogen-bond donors (Lipinski definition) is 0. The molecule has 1 aliphatic rings. The molecule has 0 N–H and O–H groups in total. The van der Waals surface area contributed by atoms with Crippen molar-refractivity contribution in [2.45, 2.75) is 209 Å². The van der Waals surface area contributed by atoms with Crippen molar-refractivity contribution in [3.8, 4) is 11.8 Å². The highest BCUT2D eigenvalue weighted by atomic mass is 16.6. The summed E-state index contributed by atoms with van der Waals surface area (Å²) in [6, 6.07) is 12.9. The van der Waals surface area contributed by atoms with Crippen LogP contribution >= 0.6 is 0 Å². The SMILES string of the molecule is CC(C)C[C@H]1C(=O)O[C@H](Cc2ccc(Cn3ccc(OC(C)C)n3)cc2)C(=O)N(C)[C@@H](CC(C)C)C(=O)O[C@H](C)C(=O)N(C)[C@@H](CC(C)C)C(=O)O[C@H](Cc2ccc(Cn3ccc(OC(C)C)n3)cc2)C(=O)N(C)[C@@H](CC(C)C)C(=O)O[C@H](C)C(=O)N1C. The molecular weight excluding hydrogens is 1130 g/mol. The summed E-state index contributed by atoms with van der Waals surface area (Å²) in [5.41, 5.74) is 2.94. The van der Waals surface area contributed by atoms with E-state index in [9.17, 15) is 28.8 Å². The van der Waals surface area contributed by atoms with E-state index < -0.39 is 96.1 Å². The summed E-state index contributed by atoms with van der Waals surface area (Å²) in [6.07, 6.45) is -2.65. The van der Waals surface area contributed by atoms with Crippen LogP contribution in [0, 0.1) is 23.7 Å². The molecule has 0 saturated carbocycles. The standard InChI is InChI=1S/C66H96N8O14/c1-39(2)31-51-63(79)85-45(13)59(75)69(15)54(34-42(7)8)66(82)88-56(36-48-21-25-50(26-22-48)38-74-30-28-58(68-74)84-44(11)12)62(78)72(18)52(32-40(3)4)64(80)86-46(14)60(76)70(16)53(33-41(5)6)65(81)87-55(61(77)71(51)17)35-47-19-23-49(24-20-47)37-73-29-27-57(67-73)83-43(9)10/h19-30,39-46,51-56H,31-38H2,1-18H3/t45-,46-,51+,52+,53+,54+,55-,56-/m1/s1. The Labute approximate surface area is 519 Å². The number of nitrogens with zero attached hydrogens (tertiary/aromatic N) is 8.